The first-order valence-corrected chi connectivity index (χ1v) is 10.3. The Morgan fingerprint density at radius 1 is 1.41 bits per heavy atom. The molecule has 1 aromatic heterocycles. The van der Waals surface area contributed by atoms with Crippen LogP contribution in [0.2, 0.25) is 0 Å². The van der Waals surface area contributed by atoms with Gasteiger partial charge < -0.3 is 15.6 Å². The van der Waals surface area contributed by atoms with Crippen LogP contribution >= 0.6 is 27.7 Å². The van der Waals surface area contributed by atoms with Crippen LogP contribution in [0, 0.1) is 6.92 Å². The second-order valence-corrected chi connectivity index (χ2v) is 8.23. The molecule has 0 bridgehead atoms. The van der Waals surface area contributed by atoms with Crippen molar-refractivity contribution in [3.05, 3.63) is 44.2 Å². The molecule has 0 saturated carbocycles. The highest BCUT2D eigenvalue weighted by atomic mass is 79.9. The zero-order valence-corrected chi connectivity index (χ0v) is 17.3. The van der Waals surface area contributed by atoms with E-state index in [-0.39, 0.29) is 23.7 Å². The fourth-order valence-corrected chi connectivity index (χ4v) is 4.02. The Hall–Kier alpha value is -2.13. The number of thioether (sulfide) groups is 1. The van der Waals surface area contributed by atoms with Crippen molar-refractivity contribution in [2.24, 2.45) is 0 Å². The first-order chi connectivity index (χ1) is 12.9. The molecule has 2 aromatic rings. The fourth-order valence-electron chi connectivity index (χ4n) is 2.83. The predicted molar refractivity (Wildman–Crippen MR) is 109 cm³/mol. The molecule has 3 N–H and O–H groups in total. The summed E-state index contributed by atoms with van der Waals surface area (Å²) in [6, 6.07) is 5.46. The van der Waals surface area contributed by atoms with E-state index in [0.29, 0.717) is 10.8 Å². The number of carbonyl (C=O) groups excluding carboxylic acids is 2. The summed E-state index contributed by atoms with van der Waals surface area (Å²) >= 11 is 4.78. The molecule has 142 valence electrons. The normalized spacial score (nSPS) is 15.8. The zero-order chi connectivity index (χ0) is 19.6. The highest BCUT2D eigenvalue weighted by Gasteiger charge is 2.34. The summed E-state index contributed by atoms with van der Waals surface area (Å²) in [6.07, 6.45) is 0.829. The smallest absolute Gasteiger partial charge is 0.257 e. The number of aromatic amines is 1. The van der Waals surface area contributed by atoms with E-state index in [2.05, 4.69) is 36.5 Å². The van der Waals surface area contributed by atoms with Crippen LogP contribution in [0.3, 0.4) is 0 Å². The Bertz CT molecular complexity index is 960. The summed E-state index contributed by atoms with van der Waals surface area (Å²) in [7, 11) is 0. The number of H-pyrrole nitrogens is 1. The van der Waals surface area contributed by atoms with Gasteiger partial charge in [-0.05, 0) is 37.1 Å². The van der Waals surface area contributed by atoms with Crippen molar-refractivity contribution in [1.29, 1.82) is 0 Å². The number of aromatic nitrogens is 2. The van der Waals surface area contributed by atoms with E-state index in [0.717, 1.165) is 22.2 Å². The van der Waals surface area contributed by atoms with Crippen molar-refractivity contribution in [3.63, 3.8) is 0 Å². The van der Waals surface area contributed by atoms with Crippen LogP contribution < -0.4 is 16.2 Å². The Balaban J connectivity index is 1.92. The molecule has 2 heterocycles. The van der Waals surface area contributed by atoms with Crippen LogP contribution in [0.1, 0.15) is 36.8 Å². The quantitative estimate of drug-likeness (QED) is 0.478. The van der Waals surface area contributed by atoms with Crippen LogP contribution in [0.4, 0.5) is 11.5 Å². The van der Waals surface area contributed by atoms with E-state index in [1.807, 2.05) is 26.0 Å². The Labute approximate surface area is 168 Å². The van der Waals surface area contributed by atoms with Crippen molar-refractivity contribution >= 4 is 51.0 Å². The molecule has 7 nitrogen and oxygen atoms in total. The topological polar surface area (TPSA) is 104 Å². The largest absolute Gasteiger partial charge is 0.325 e. The molecule has 0 saturated heterocycles. The van der Waals surface area contributed by atoms with Crippen molar-refractivity contribution in [2.45, 2.75) is 37.8 Å². The van der Waals surface area contributed by atoms with Crippen LogP contribution in [0.5, 0.6) is 0 Å². The molecule has 0 radical (unpaired) electrons. The van der Waals surface area contributed by atoms with Crippen molar-refractivity contribution < 1.29 is 9.59 Å². The molecule has 27 heavy (non-hydrogen) atoms. The number of fused-ring (bicyclic) bond motifs is 1. The summed E-state index contributed by atoms with van der Waals surface area (Å²) in [6.45, 7) is 3.89. The van der Waals surface area contributed by atoms with Crippen LogP contribution in [0.15, 0.2) is 32.6 Å². The minimum Gasteiger partial charge on any atom is -0.325 e. The molecule has 1 aromatic carbocycles. The van der Waals surface area contributed by atoms with Gasteiger partial charge in [0.05, 0.1) is 11.5 Å². The number of aryl methyl sites for hydroxylation is 1. The summed E-state index contributed by atoms with van der Waals surface area (Å²) < 4.78 is 0.901. The second-order valence-electron chi connectivity index (χ2n) is 6.24. The maximum absolute atomic E-state index is 12.8. The number of amides is 2. The van der Waals surface area contributed by atoms with E-state index >= 15 is 0 Å². The zero-order valence-electron chi connectivity index (χ0n) is 14.9. The summed E-state index contributed by atoms with van der Waals surface area (Å²) in [5, 5.41) is 5.87. The van der Waals surface area contributed by atoms with Gasteiger partial charge in [-0.3, -0.25) is 14.4 Å². The number of hydrogen-bond acceptors (Lipinski definition) is 5. The summed E-state index contributed by atoms with van der Waals surface area (Å²) in [4.78, 5) is 44.5. The maximum Gasteiger partial charge on any atom is 0.257 e. The number of rotatable bonds is 5. The highest BCUT2D eigenvalue weighted by Crippen LogP contribution is 2.31. The molecule has 2 amide bonds. The molecule has 3 rings (SSSR count). The van der Waals surface area contributed by atoms with Crippen molar-refractivity contribution in [1.82, 2.24) is 9.97 Å². The molecule has 0 spiro atoms. The van der Waals surface area contributed by atoms with Gasteiger partial charge in [0.25, 0.3) is 5.56 Å². The average molecular weight is 451 g/mol. The van der Waals surface area contributed by atoms with Crippen molar-refractivity contribution in [3.8, 4) is 0 Å². The molecular weight excluding hydrogens is 432 g/mol. The molecular formula is C18H19BrN4O3S. The van der Waals surface area contributed by atoms with E-state index in [1.165, 1.54) is 11.8 Å². The van der Waals surface area contributed by atoms with Crippen LogP contribution in [-0.2, 0) is 9.59 Å². The first-order valence-electron chi connectivity index (χ1n) is 8.53. The molecule has 0 fully saturated rings. The molecule has 9 heteroatoms. The van der Waals surface area contributed by atoms with Crippen molar-refractivity contribution in [2.75, 3.05) is 16.4 Å². The van der Waals surface area contributed by atoms with Gasteiger partial charge in [0.15, 0.2) is 5.16 Å². The average Bonchev–Trinajstić information content (AvgIpc) is 2.61. The summed E-state index contributed by atoms with van der Waals surface area (Å²) in [5.41, 5.74) is 1.31. The Morgan fingerprint density at radius 2 is 2.19 bits per heavy atom. The van der Waals surface area contributed by atoms with Gasteiger partial charge in [-0.25, -0.2) is 4.98 Å². The van der Waals surface area contributed by atoms with Gasteiger partial charge >= 0.3 is 0 Å². The van der Waals surface area contributed by atoms with Gasteiger partial charge in [-0.2, -0.15) is 0 Å². The Kier molecular flexibility index (Phi) is 6.01. The van der Waals surface area contributed by atoms with E-state index in [4.69, 9.17) is 0 Å². The molecule has 1 atom stereocenters. The van der Waals surface area contributed by atoms with Crippen LogP contribution in [-0.4, -0.2) is 27.5 Å². The first kappa shape index (κ1) is 19.6. The predicted octanol–water partition coefficient (Wildman–Crippen LogP) is 3.41. The van der Waals surface area contributed by atoms with Gasteiger partial charge in [0.2, 0.25) is 11.8 Å². The van der Waals surface area contributed by atoms with Gasteiger partial charge in [0.1, 0.15) is 5.82 Å². The number of anilines is 2. The number of benzene rings is 1. The van der Waals surface area contributed by atoms with Gasteiger partial charge in [-0.15, -0.1) is 0 Å². The fraction of sp³-hybridized carbons (Fsp3) is 0.333. The standard InChI is InChI=1S/C18H19BrN4O3S/c1-3-6-27-18-22-15-14(17(26)23-18)11(8-13(24)21-15)16(25)20-12-5-4-10(19)7-9(12)2/h4-5,7,11H,3,6,8H2,1-2H3,(H,20,25)(H2,21,22,23,24,26). The van der Waals surface area contributed by atoms with Gasteiger partial charge in [0, 0.05) is 22.3 Å². The number of carbonyl (C=O) groups is 2. The maximum atomic E-state index is 12.8. The molecule has 0 aliphatic carbocycles. The number of nitrogens with zero attached hydrogens (tertiary/aromatic N) is 1. The number of hydrogen-bond donors (Lipinski definition) is 3. The second kappa shape index (κ2) is 8.26. The van der Waals surface area contributed by atoms with E-state index in [9.17, 15) is 14.4 Å². The molecule has 1 aliphatic rings. The lowest BCUT2D eigenvalue weighted by Gasteiger charge is -2.23. The minimum atomic E-state index is -0.890. The monoisotopic (exact) mass is 450 g/mol. The van der Waals surface area contributed by atoms with E-state index in [1.54, 1.807) is 6.07 Å². The molecule has 1 unspecified atom stereocenters. The SMILES string of the molecule is CCCSc1nc2c(c(=O)[nH]1)C(C(=O)Nc1ccc(Br)cc1C)CC(=O)N2. The van der Waals surface area contributed by atoms with Crippen LogP contribution in [0.25, 0.3) is 0 Å². The lowest BCUT2D eigenvalue weighted by molar-refractivity contribution is -0.123. The Morgan fingerprint density at radius 3 is 2.89 bits per heavy atom. The summed E-state index contributed by atoms with van der Waals surface area (Å²) in [5.74, 6) is -0.667. The van der Waals surface area contributed by atoms with Gasteiger partial charge in [-0.1, -0.05) is 34.6 Å². The third-order valence-electron chi connectivity index (χ3n) is 4.14. The number of halogens is 1. The van der Waals surface area contributed by atoms with E-state index < -0.39 is 17.4 Å². The third kappa shape index (κ3) is 4.41. The highest BCUT2D eigenvalue weighted by molar-refractivity contribution is 9.10. The minimum absolute atomic E-state index is 0.0966. The third-order valence-corrected chi connectivity index (χ3v) is 5.71. The lowest BCUT2D eigenvalue weighted by Crippen LogP contribution is -2.36. The lowest BCUT2D eigenvalue weighted by atomic mass is 9.92. The molecule has 1 aliphatic heterocycles. The number of nitrogens with one attached hydrogen (secondary N) is 3.